The van der Waals surface area contributed by atoms with Gasteiger partial charge in [-0.05, 0) is 39.0 Å². The smallest absolute Gasteiger partial charge is 0.247 e. The van der Waals surface area contributed by atoms with Crippen LogP contribution in [0.5, 0.6) is 0 Å². The van der Waals surface area contributed by atoms with Crippen molar-refractivity contribution in [3.8, 4) is 0 Å². The van der Waals surface area contributed by atoms with E-state index >= 15 is 0 Å². The molecule has 2 unspecified atom stereocenters. The molecule has 1 aromatic rings. The van der Waals surface area contributed by atoms with Crippen LogP contribution in [0.1, 0.15) is 52.9 Å². The monoisotopic (exact) mass is 263 g/mol. The molecule has 2 heterocycles. The Balaban J connectivity index is 2.12. The Morgan fingerprint density at radius 3 is 3.00 bits per heavy atom. The average Bonchev–Trinajstić information content (AvgIpc) is 2.47. The van der Waals surface area contributed by atoms with Crippen LogP contribution in [0.25, 0.3) is 0 Å². The lowest BCUT2D eigenvalue weighted by Gasteiger charge is -2.35. The molecule has 2 atom stereocenters. The molecule has 19 heavy (non-hydrogen) atoms. The molecule has 1 saturated heterocycles. The van der Waals surface area contributed by atoms with Gasteiger partial charge in [-0.1, -0.05) is 13.8 Å². The molecule has 5 heteroatoms. The predicted molar refractivity (Wildman–Crippen MR) is 78.5 cm³/mol. The van der Waals surface area contributed by atoms with Crippen molar-refractivity contribution in [2.45, 2.75) is 65.0 Å². The number of piperidine rings is 1. The zero-order valence-corrected chi connectivity index (χ0v) is 12.3. The third-order valence-corrected chi connectivity index (χ3v) is 3.91. The standard InChI is InChI=1S/C14H25N5/c1-4-11(3)16-13-10-15-18-14(17-13)19-9-7-6-8-12(19)5-2/h10-12H,4-9H2,1-3H3,(H,16,17,18). The van der Waals surface area contributed by atoms with E-state index in [1.807, 2.05) is 0 Å². The normalized spacial score (nSPS) is 21.2. The van der Waals surface area contributed by atoms with Crippen molar-refractivity contribution in [3.63, 3.8) is 0 Å². The van der Waals surface area contributed by atoms with Crippen molar-refractivity contribution < 1.29 is 0 Å². The quantitative estimate of drug-likeness (QED) is 0.885. The molecule has 106 valence electrons. The van der Waals surface area contributed by atoms with Crippen LogP contribution in [0.4, 0.5) is 11.8 Å². The SMILES string of the molecule is CCC(C)Nc1cnnc(N2CCCCC2CC)n1. The van der Waals surface area contributed by atoms with E-state index in [9.17, 15) is 0 Å². The van der Waals surface area contributed by atoms with Crippen molar-refractivity contribution in [1.82, 2.24) is 15.2 Å². The van der Waals surface area contributed by atoms with Gasteiger partial charge in [-0.15, -0.1) is 5.10 Å². The summed E-state index contributed by atoms with van der Waals surface area (Å²) in [6.45, 7) is 7.59. The highest BCUT2D eigenvalue weighted by Gasteiger charge is 2.23. The van der Waals surface area contributed by atoms with Gasteiger partial charge in [-0.3, -0.25) is 0 Å². The van der Waals surface area contributed by atoms with Gasteiger partial charge in [0.25, 0.3) is 0 Å². The fourth-order valence-corrected chi connectivity index (χ4v) is 2.53. The highest BCUT2D eigenvalue weighted by molar-refractivity contribution is 5.40. The minimum Gasteiger partial charge on any atom is -0.366 e. The maximum atomic E-state index is 4.62. The first-order chi connectivity index (χ1) is 9.24. The van der Waals surface area contributed by atoms with E-state index in [0.29, 0.717) is 12.1 Å². The van der Waals surface area contributed by atoms with Crippen molar-refractivity contribution in [2.24, 2.45) is 0 Å². The molecule has 1 aromatic heterocycles. The maximum absolute atomic E-state index is 4.62. The van der Waals surface area contributed by atoms with Gasteiger partial charge in [0.05, 0.1) is 6.20 Å². The van der Waals surface area contributed by atoms with E-state index in [1.165, 1.54) is 19.3 Å². The largest absolute Gasteiger partial charge is 0.366 e. The lowest BCUT2D eigenvalue weighted by molar-refractivity contribution is 0.441. The number of rotatable bonds is 5. The molecular formula is C14H25N5. The predicted octanol–water partition coefficient (Wildman–Crippen LogP) is 2.85. The molecule has 0 aliphatic carbocycles. The second-order valence-corrected chi connectivity index (χ2v) is 5.35. The number of hydrogen-bond acceptors (Lipinski definition) is 5. The van der Waals surface area contributed by atoms with E-state index in [-0.39, 0.29) is 0 Å². The molecule has 0 radical (unpaired) electrons. The Bertz CT molecular complexity index is 395. The minimum atomic E-state index is 0.410. The first kappa shape index (κ1) is 14.0. The summed E-state index contributed by atoms with van der Waals surface area (Å²) >= 11 is 0. The van der Waals surface area contributed by atoms with E-state index in [4.69, 9.17) is 0 Å². The summed E-state index contributed by atoms with van der Waals surface area (Å²) < 4.78 is 0. The second kappa shape index (κ2) is 6.68. The summed E-state index contributed by atoms with van der Waals surface area (Å²) in [6, 6.07) is 0.974. The van der Waals surface area contributed by atoms with Crippen LogP contribution in [0.3, 0.4) is 0 Å². The Morgan fingerprint density at radius 2 is 2.26 bits per heavy atom. The number of anilines is 2. The van der Waals surface area contributed by atoms with Crippen LogP contribution in [-0.4, -0.2) is 33.8 Å². The Morgan fingerprint density at radius 1 is 1.42 bits per heavy atom. The van der Waals surface area contributed by atoms with Crippen LogP contribution < -0.4 is 10.2 Å². The van der Waals surface area contributed by atoms with E-state index in [2.05, 4.69) is 46.2 Å². The molecule has 5 nitrogen and oxygen atoms in total. The summed E-state index contributed by atoms with van der Waals surface area (Å²) in [5.41, 5.74) is 0. The van der Waals surface area contributed by atoms with Crippen LogP contribution in [0, 0.1) is 0 Å². The van der Waals surface area contributed by atoms with Gasteiger partial charge in [-0.25, -0.2) is 0 Å². The van der Waals surface area contributed by atoms with Gasteiger partial charge in [0.1, 0.15) is 0 Å². The minimum absolute atomic E-state index is 0.410. The molecular weight excluding hydrogens is 238 g/mol. The molecule has 0 saturated carbocycles. The van der Waals surface area contributed by atoms with Gasteiger partial charge >= 0.3 is 0 Å². The van der Waals surface area contributed by atoms with Crippen molar-refractivity contribution in [1.29, 1.82) is 0 Å². The Labute approximate surface area is 115 Å². The molecule has 1 N–H and O–H groups in total. The van der Waals surface area contributed by atoms with E-state index < -0.39 is 0 Å². The fraction of sp³-hybridized carbons (Fsp3) is 0.786. The molecule has 0 aromatic carbocycles. The van der Waals surface area contributed by atoms with E-state index in [1.54, 1.807) is 6.20 Å². The van der Waals surface area contributed by atoms with Crippen molar-refractivity contribution in [2.75, 3.05) is 16.8 Å². The molecule has 0 bridgehead atoms. The van der Waals surface area contributed by atoms with Crippen molar-refractivity contribution >= 4 is 11.8 Å². The van der Waals surface area contributed by atoms with Gasteiger partial charge < -0.3 is 10.2 Å². The van der Waals surface area contributed by atoms with Crippen molar-refractivity contribution in [3.05, 3.63) is 6.20 Å². The van der Waals surface area contributed by atoms with Gasteiger partial charge in [0, 0.05) is 18.6 Å². The highest BCUT2D eigenvalue weighted by Crippen LogP contribution is 2.23. The summed E-state index contributed by atoms with van der Waals surface area (Å²) in [5, 5.41) is 11.7. The number of hydrogen-bond donors (Lipinski definition) is 1. The van der Waals surface area contributed by atoms with Gasteiger partial charge in [0.15, 0.2) is 5.82 Å². The second-order valence-electron chi connectivity index (χ2n) is 5.35. The lowest BCUT2D eigenvalue weighted by atomic mass is 10.0. The summed E-state index contributed by atoms with van der Waals surface area (Å²) in [4.78, 5) is 6.94. The topological polar surface area (TPSA) is 53.9 Å². The molecule has 1 fully saturated rings. The summed E-state index contributed by atoms with van der Waals surface area (Å²) in [7, 11) is 0. The fourth-order valence-electron chi connectivity index (χ4n) is 2.53. The van der Waals surface area contributed by atoms with Gasteiger partial charge in [0.2, 0.25) is 5.95 Å². The third-order valence-electron chi connectivity index (χ3n) is 3.91. The average molecular weight is 263 g/mol. The molecule has 0 amide bonds. The van der Waals surface area contributed by atoms with Crippen LogP contribution in [-0.2, 0) is 0 Å². The molecule has 1 aliphatic heterocycles. The number of nitrogens with zero attached hydrogens (tertiary/aromatic N) is 4. The highest BCUT2D eigenvalue weighted by atomic mass is 15.3. The lowest BCUT2D eigenvalue weighted by Crippen LogP contribution is -2.40. The van der Waals surface area contributed by atoms with Crippen LogP contribution >= 0.6 is 0 Å². The van der Waals surface area contributed by atoms with E-state index in [0.717, 1.165) is 31.2 Å². The zero-order chi connectivity index (χ0) is 13.7. The maximum Gasteiger partial charge on any atom is 0.247 e. The van der Waals surface area contributed by atoms with Crippen LogP contribution in [0.15, 0.2) is 6.20 Å². The summed E-state index contributed by atoms with van der Waals surface area (Å²) in [6.07, 6.45) is 7.70. The first-order valence-electron chi connectivity index (χ1n) is 7.47. The summed E-state index contributed by atoms with van der Waals surface area (Å²) in [5.74, 6) is 1.61. The van der Waals surface area contributed by atoms with Crippen LogP contribution in [0.2, 0.25) is 0 Å². The Kier molecular flexibility index (Phi) is 4.93. The number of aromatic nitrogens is 3. The molecule has 0 spiro atoms. The first-order valence-corrected chi connectivity index (χ1v) is 7.47. The molecule has 2 rings (SSSR count). The number of nitrogens with one attached hydrogen (secondary N) is 1. The van der Waals surface area contributed by atoms with Gasteiger partial charge in [-0.2, -0.15) is 10.1 Å². The third kappa shape index (κ3) is 3.55. The Hall–Kier alpha value is -1.39. The zero-order valence-electron chi connectivity index (χ0n) is 12.3. The molecule has 1 aliphatic rings.